The maximum atomic E-state index is 12.3. The largest absolute Gasteiger partial charge is 0.394 e. The van der Waals surface area contributed by atoms with E-state index in [1.165, 1.54) is 24.3 Å². The van der Waals surface area contributed by atoms with Crippen LogP contribution in [0, 0.1) is 6.92 Å². The molecule has 0 saturated carbocycles. The van der Waals surface area contributed by atoms with Gasteiger partial charge in [-0.15, -0.1) is 10.2 Å². The highest BCUT2D eigenvalue weighted by Crippen LogP contribution is 2.31. The molecule has 4 N–H and O–H groups in total. The maximum absolute atomic E-state index is 12.3. The van der Waals surface area contributed by atoms with E-state index in [0.717, 1.165) is 16.2 Å². The molecule has 3 rings (SSSR count). The predicted octanol–water partition coefficient (Wildman–Crippen LogP) is -0.923. The van der Waals surface area contributed by atoms with Crippen LogP contribution in [0.15, 0.2) is 29.2 Å². The molecule has 1 saturated heterocycles. The van der Waals surface area contributed by atoms with E-state index in [9.17, 15) is 23.4 Å². The van der Waals surface area contributed by atoms with E-state index in [1.807, 2.05) is 0 Å². The molecule has 1 aliphatic rings. The molecule has 1 aromatic heterocycles. The molecule has 26 heavy (non-hydrogen) atoms. The van der Waals surface area contributed by atoms with Gasteiger partial charge in [0, 0.05) is 5.69 Å². The van der Waals surface area contributed by atoms with Gasteiger partial charge in [0.15, 0.2) is 6.10 Å². The normalized spacial score (nSPS) is 21.4. The van der Waals surface area contributed by atoms with Gasteiger partial charge in [0.1, 0.15) is 17.2 Å². The van der Waals surface area contributed by atoms with E-state index in [0.29, 0.717) is 10.7 Å². The summed E-state index contributed by atoms with van der Waals surface area (Å²) in [6, 6.07) is 4.33. The van der Waals surface area contributed by atoms with Gasteiger partial charge in [0.25, 0.3) is 15.9 Å². The second-order valence-corrected chi connectivity index (χ2v) is 8.48. The molecule has 2 aromatic rings. The zero-order chi connectivity index (χ0) is 19.1. The fraction of sp³-hybridized carbons (Fsp3) is 0.357. The third-order valence-electron chi connectivity index (χ3n) is 3.87. The van der Waals surface area contributed by atoms with Gasteiger partial charge in [0.2, 0.25) is 5.13 Å². The van der Waals surface area contributed by atoms with Crippen molar-refractivity contribution in [2.45, 2.75) is 30.1 Å². The minimum atomic E-state index is -3.87. The quantitative estimate of drug-likeness (QED) is 0.454. The molecule has 10 nitrogen and oxygen atoms in total. The lowest BCUT2D eigenvalue weighted by atomic mass is 9.92. The summed E-state index contributed by atoms with van der Waals surface area (Å²) in [5.41, 5.74) is 0.295. The van der Waals surface area contributed by atoms with Gasteiger partial charge in [-0.05, 0) is 31.2 Å². The number of benzene rings is 1. The number of rotatable bonds is 6. The van der Waals surface area contributed by atoms with E-state index in [2.05, 4.69) is 14.9 Å². The van der Waals surface area contributed by atoms with E-state index >= 15 is 0 Å². The van der Waals surface area contributed by atoms with Crippen molar-refractivity contribution in [3.8, 4) is 0 Å². The Morgan fingerprint density at radius 1 is 1.31 bits per heavy atom. The van der Waals surface area contributed by atoms with Crippen LogP contribution in [-0.2, 0) is 14.8 Å². The van der Waals surface area contributed by atoms with Crippen LogP contribution in [0.25, 0.3) is 0 Å². The summed E-state index contributed by atoms with van der Waals surface area (Å²) in [7, 11) is -3.87. The van der Waals surface area contributed by atoms with E-state index in [-0.39, 0.29) is 10.0 Å². The summed E-state index contributed by atoms with van der Waals surface area (Å²) in [6.07, 6.45) is -2.73. The zero-order valence-corrected chi connectivity index (χ0v) is 15.1. The predicted molar refractivity (Wildman–Crippen MR) is 92.3 cm³/mol. The number of aliphatic hydroxyl groups is 3. The Balaban J connectivity index is 1.81. The molecule has 2 unspecified atom stereocenters. The van der Waals surface area contributed by atoms with Gasteiger partial charge in [-0.1, -0.05) is 11.3 Å². The molecule has 3 atom stereocenters. The Morgan fingerprint density at radius 2 is 1.96 bits per heavy atom. The van der Waals surface area contributed by atoms with Gasteiger partial charge >= 0.3 is 0 Å². The number of nitrogens with zero attached hydrogens (tertiary/aromatic N) is 3. The van der Waals surface area contributed by atoms with E-state index in [4.69, 9.17) is 5.11 Å². The molecule has 0 spiro atoms. The third kappa shape index (κ3) is 3.29. The number of hydrogen-bond donors (Lipinski definition) is 4. The molecule has 1 amide bonds. The van der Waals surface area contributed by atoms with Crippen molar-refractivity contribution in [3.63, 3.8) is 0 Å². The van der Waals surface area contributed by atoms with Crippen LogP contribution in [0.4, 0.5) is 10.8 Å². The third-order valence-corrected chi connectivity index (χ3v) is 6.10. The molecule has 1 fully saturated rings. The van der Waals surface area contributed by atoms with Crippen molar-refractivity contribution >= 4 is 38.1 Å². The van der Waals surface area contributed by atoms with Gasteiger partial charge in [-0.3, -0.25) is 9.52 Å². The topological polar surface area (TPSA) is 153 Å². The van der Waals surface area contributed by atoms with Gasteiger partial charge in [-0.2, -0.15) is 0 Å². The fourth-order valence-corrected chi connectivity index (χ4v) is 4.40. The van der Waals surface area contributed by atoms with Crippen LogP contribution in [0.1, 0.15) is 5.01 Å². The van der Waals surface area contributed by atoms with Crippen LogP contribution < -0.4 is 9.62 Å². The Labute approximate surface area is 152 Å². The number of amides is 1. The minimum Gasteiger partial charge on any atom is -0.394 e. The second kappa shape index (κ2) is 6.89. The Bertz CT molecular complexity index is 914. The molecule has 0 aliphatic carbocycles. The van der Waals surface area contributed by atoms with Crippen molar-refractivity contribution in [2.24, 2.45) is 0 Å². The summed E-state index contributed by atoms with van der Waals surface area (Å²) in [6.45, 7) is 1.07. The highest BCUT2D eigenvalue weighted by Gasteiger charge is 2.50. The number of sulfonamides is 1. The van der Waals surface area contributed by atoms with Crippen molar-refractivity contribution in [1.29, 1.82) is 0 Å². The first-order valence-corrected chi connectivity index (χ1v) is 9.77. The number of anilines is 2. The van der Waals surface area contributed by atoms with Crippen molar-refractivity contribution in [2.75, 3.05) is 16.2 Å². The summed E-state index contributed by atoms with van der Waals surface area (Å²) in [4.78, 5) is 12.9. The average molecular weight is 400 g/mol. The first kappa shape index (κ1) is 18.7. The minimum absolute atomic E-state index is 0.0538. The molecule has 12 heteroatoms. The molecule has 1 aromatic carbocycles. The monoisotopic (exact) mass is 400 g/mol. The van der Waals surface area contributed by atoms with Gasteiger partial charge in [0.05, 0.1) is 11.5 Å². The maximum Gasteiger partial charge on any atom is 0.263 e. The Hall–Kier alpha value is -2.12. The lowest BCUT2D eigenvalue weighted by Gasteiger charge is -2.46. The molecule has 0 bridgehead atoms. The number of carbonyl (C=O) groups excluding carboxylic acids is 1. The van der Waals surface area contributed by atoms with Crippen LogP contribution in [0.2, 0.25) is 0 Å². The first-order chi connectivity index (χ1) is 12.2. The van der Waals surface area contributed by atoms with E-state index in [1.54, 1.807) is 6.92 Å². The van der Waals surface area contributed by atoms with Crippen LogP contribution in [-0.4, -0.2) is 64.7 Å². The van der Waals surface area contributed by atoms with Gasteiger partial charge < -0.3 is 20.2 Å². The Kier molecular flexibility index (Phi) is 4.94. The number of hydrogen-bond acceptors (Lipinski definition) is 9. The molecular weight excluding hydrogens is 384 g/mol. The first-order valence-electron chi connectivity index (χ1n) is 7.47. The summed E-state index contributed by atoms with van der Waals surface area (Å²) < 4.78 is 27.0. The summed E-state index contributed by atoms with van der Waals surface area (Å²) in [5.74, 6) is -0.638. The number of nitrogens with one attached hydrogen (secondary N) is 1. The smallest absolute Gasteiger partial charge is 0.263 e. The zero-order valence-electron chi connectivity index (χ0n) is 13.5. The summed E-state index contributed by atoms with van der Waals surface area (Å²) >= 11 is 1.09. The molecule has 1 aliphatic heterocycles. The molecular formula is C14H16N4O6S2. The lowest BCUT2D eigenvalue weighted by molar-refractivity contribution is -0.142. The van der Waals surface area contributed by atoms with Crippen molar-refractivity contribution in [3.05, 3.63) is 29.3 Å². The number of aryl methyl sites for hydroxylation is 1. The number of aromatic nitrogens is 2. The van der Waals surface area contributed by atoms with Crippen molar-refractivity contribution < 1.29 is 28.5 Å². The highest BCUT2D eigenvalue weighted by atomic mass is 32.2. The standard InChI is InChI=1S/C14H16N4O6S2/c1-7-15-16-14(25-7)17-26(23,24)9-4-2-8(3-5-9)18-11(10(20)6-19)12(21)13(18)22/h2-5,10-12,19-21H,6H2,1H3,(H,16,17)/t10-,11?,12?/m0/s1. The SMILES string of the molecule is Cc1nnc(NS(=O)(=O)c2ccc(N3C(=O)C(O)C3[C@@H](O)CO)cc2)s1. The second-order valence-electron chi connectivity index (χ2n) is 5.62. The van der Waals surface area contributed by atoms with E-state index < -0.39 is 40.8 Å². The number of β-lactam (4-membered cyclic amide) rings is 1. The number of carbonyl (C=O) groups is 1. The average Bonchev–Trinajstić information content (AvgIpc) is 3.02. The number of aliphatic hydroxyl groups excluding tert-OH is 3. The molecule has 140 valence electrons. The van der Waals surface area contributed by atoms with Gasteiger partial charge in [-0.25, -0.2) is 8.42 Å². The Morgan fingerprint density at radius 3 is 2.50 bits per heavy atom. The lowest BCUT2D eigenvalue weighted by Crippen LogP contribution is -2.70. The van der Waals surface area contributed by atoms with Crippen LogP contribution in [0.5, 0.6) is 0 Å². The molecule has 0 radical (unpaired) electrons. The van der Waals surface area contributed by atoms with Crippen LogP contribution >= 0.6 is 11.3 Å². The van der Waals surface area contributed by atoms with Crippen LogP contribution in [0.3, 0.4) is 0 Å². The van der Waals surface area contributed by atoms with Crippen molar-refractivity contribution in [1.82, 2.24) is 10.2 Å². The summed E-state index contributed by atoms with van der Waals surface area (Å²) in [5, 5.41) is 36.6. The molecule has 2 heterocycles. The highest BCUT2D eigenvalue weighted by molar-refractivity contribution is 7.93. The fourth-order valence-electron chi connectivity index (χ4n) is 2.58.